The minimum atomic E-state index is -0.770. The Bertz CT molecular complexity index is 136. The highest BCUT2D eigenvalue weighted by Gasteiger charge is 2.20. The molecule has 0 radical (unpaired) electrons. The van der Waals surface area contributed by atoms with Gasteiger partial charge in [0.05, 0.1) is 6.61 Å². The van der Waals surface area contributed by atoms with Gasteiger partial charge in [0.2, 0.25) is 0 Å². The Morgan fingerprint density at radius 1 is 1.55 bits per heavy atom. The Hall–Kier alpha value is -0.340. The predicted octanol–water partition coefficient (Wildman–Crippen LogP) is 1.74. The maximum atomic E-state index is 9.79. The van der Waals surface area contributed by atoms with E-state index in [4.69, 9.17) is 4.74 Å². The molecule has 1 atom stereocenters. The van der Waals surface area contributed by atoms with Gasteiger partial charge in [-0.2, -0.15) is 0 Å². The van der Waals surface area contributed by atoms with Gasteiger partial charge in [0.15, 0.2) is 0 Å². The summed E-state index contributed by atoms with van der Waals surface area (Å²) in [6.07, 6.45) is 2.53. The van der Waals surface area contributed by atoms with E-state index < -0.39 is 5.60 Å². The Balaban J connectivity index is 4.21. The van der Waals surface area contributed by atoms with Crippen LogP contribution in [-0.4, -0.2) is 24.4 Å². The average Bonchev–Trinajstić information content (AvgIpc) is 1.87. The van der Waals surface area contributed by atoms with Crippen molar-refractivity contribution in [1.82, 2.24) is 0 Å². The lowest BCUT2D eigenvalue weighted by atomic mass is 9.99. The van der Waals surface area contributed by atoms with Crippen LogP contribution in [0, 0.1) is 0 Å². The van der Waals surface area contributed by atoms with E-state index in [0.717, 1.165) is 5.57 Å². The molecule has 0 saturated carbocycles. The smallest absolute Gasteiger partial charge is 0.106 e. The molecule has 0 rings (SSSR count). The van der Waals surface area contributed by atoms with E-state index in [0.29, 0.717) is 13.0 Å². The zero-order valence-corrected chi connectivity index (χ0v) is 7.85. The second kappa shape index (κ2) is 4.52. The van der Waals surface area contributed by atoms with E-state index in [9.17, 15) is 5.11 Å². The summed E-state index contributed by atoms with van der Waals surface area (Å²) in [5, 5.41) is 9.79. The predicted molar refractivity (Wildman–Crippen MR) is 46.5 cm³/mol. The van der Waals surface area contributed by atoms with E-state index in [1.54, 1.807) is 7.11 Å². The highest BCUT2D eigenvalue weighted by Crippen LogP contribution is 2.14. The molecule has 0 aromatic heterocycles. The van der Waals surface area contributed by atoms with E-state index in [-0.39, 0.29) is 0 Å². The topological polar surface area (TPSA) is 29.5 Å². The Morgan fingerprint density at radius 2 is 2.09 bits per heavy atom. The summed E-state index contributed by atoms with van der Waals surface area (Å²) in [6.45, 7) is 6.25. The molecular weight excluding hydrogens is 140 g/mol. The minimum absolute atomic E-state index is 0.370. The monoisotopic (exact) mass is 158 g/mol. The van der Waals surface area contributed by atoms with Crippen molar-refractivity contribution in [3.8, 4) is 0 Å². The third kappa shape index (κ3) is 4.17. The van der Waals surface area contributed by atoms with Crippen molar-refractivity contribution in [3.05, 3.63) is 11.6 Å². The molecule has 0 saturated heterocycles. The lowest BCUT2D eigenvalue weighted by Crippen LogP contribution is -2.30. The number of aliphatic hydroxyl groups is 1. The SMILES string of the molecule is CCC(O)(C=C(C)C)COC. The Labute approximate surface area is 68.9 Å². The van der Waals surface area contributed by atoms with Crippen LogP contribution < -0.4 is 0 Å². The van der Waals surface area contributed by atoms with Crippen molar-refractivity contribution in [2.75, 3.05) is 13.7 Å². The van der Waals surface area contributed by atoms with Gasteiger partial charge in [-0.05, 0) is 20.3 Å². The molecule has 0 aromatic carbocycles. The molecule has 0 heterocycles. The molecule has 66 valence electrons. The van der Waals surface area contributed by atoms with Crippen molar-refractivity contribution in [1.29, 1.82) is 0 Å². The normalized spacial score (nSPS) is 15.7. The first kappa shape index (κ1) is 10.7. The number of hydrogen-bond donors (Lipinski definition) is 1. The molecule has 0 bridgehead atoms. The number of rotatable bonds is 4. The highest BCUT2D eigenvalue weighted by molar-refractivity contribution is 5.06. The van der Waals surface area contributed by atoms with Gasteiger partial charge in [0.1, 0.15) is 5.60 Å². The van der Waals surface area contributed by atoms with Crippen LogP contribution in [0.5, 0.6) is 0 Å². The van der Waals surface area contributed by atoms with Crippen LogP contribution in [-0.2, 0) is 4.74 Å². The summed E-state index contributed by atoms with van der Waals surface area (Å²) >= 11 is 0. The first-order valence-electron chi connectivity index (χ1n) is 3.91. The second-order valence-electron chi connectivity index (χ2n) is 3.11. The molecule has 0 fully saturated rings. The summed E-state index contributed by atoms with van der Waals surface area (Å²) < 4.78 is 4.90. The van der Waals surface area contributed by atoms with Gasteiger partial charge in [-0.1, -0.05) is 18.6 Å². The molecule has 0 aliphatic heterocycles. The molecule has 2 nitrogen and oxygen atoms in total. The molecule has 0 spiro atoms. The largest absolute Gasteiger partial charge is 0.383 e. The van der Waals surface area contributed by atoms with Crippen molar-refractivity contribution < 1.29 is 9.84 Å². The quantitative estimate of drug-likeness (QED) is 0.631. The van der Waals surface area contributed by atoms with Crippen LogP contribution in [0.15, 0.2) is 11.6 Å². The molecule has 0 aliphatic carbocycles. The summed E-state index contributed by atoms with van der Waals surface area (Å²) in [6, 6.07) is 0. The fourth-order valence-corrected chi connectivity index (χ4v) is 1.03. The van der Waals surface area contributed by atoms with Gasteiger partial charge in [-0.15, -0.1) is 0 Å². The molecule has 0 aliphatic rings. The molecule has 0 aromatic rings. The minimum Gasteiger partial charge on any atom is -0.383 e. The highest BCUT2D eigenvalue weighted by atomic mass is 16.5. The van der Waals surface area contributed by atoms with Crippen LogP contribution in [0.25, 0.3) is 0 Å². The average molecular weight is 158 g/mol. The van der Waals surface area contributed by atoms with E-state index in [1.165, 1.54) is 0 Å². The van der Waals surface area contributed by atoms with Crippen molar-refractivity contribution >= 4 is 0 Å². The number of hydrogen-bond acceptors (Lipinski definition) is 2. The van der Waals surface area contributed by atoms with Crippen molar-refractivity contribution in [3.63, 3.8) is 0 Å². The molecule has 0 amide bonds. The molecule has 1 N–H and O–H groups in total. The van der Waals surface area contributed by atoms with E-state index in [1.807, 2.05) is 26.8 Å². The molecule has 2 heteroatoms. The first-order valence-corrected chi connectivity index (χ1v) is 3.91. The van der Waals surface area contributed by atoms with Gasteiger partial charge in [0, 0.05) is 7.11 Å². The number of ether oxygens (including phenoxy) is 1. The third-order valence-electron chi connectivity index (χ3n) is 1.56. The van der Waals surface area contributed by atoms with E-state index in [2.05, 4.69) is 0 Å². The Kier molecular flexibility index (Phi) is 4.38. The lowest BCUT2D eigenvalue weighted by Gasteiger charge is -2.22. The van der Waals surface area contributed by atoms with Gasteiger partial charge in [0.25, 0.3) is 0 Å². The van der Waals surface area contributed by atoms with Crippen LogP contribution in [0.4, 0.5) is 0 Å². The van der Waals surface area contributed by atoms with Gasteiger partial charge in [-0.25, -0.2) is 0 Å². The summed E-state index contributed by atoms with van der Waals surface area (Å²) in [7, 11) is 1.60. The van der Waals surface area contributed by atoms with Crippen LogP contribution in [0.3, 0.4) is 0 Å². The second-order valence-corrected chi connectivity index (χ2v) is 3.11. The van der Waals surface area contributed by atoms with Crippen LogP contribution in [0.1, 0.15) is 27.2 Å². The third-order valence-corrected chi connectivity index (χ3v) is 1.56. The maximum absolute atomic E-state index is 9.79. The van der Waals surface area contributed by atoms with Gasteiger partial charge < -0.3 is 9.84 Å². The zero-order chi connectivity index (χ0) is 8.91. The standard InChI is InChI=1S/C9H18O2/c1-5-9(10,7-11-4)6-8(2)3/h6,10H,5,7H2,1-4H3. The fraction of sp³-hybridized carbons (Fsp3) is 0.778. The van der Waals surface area contributed by atoms with Crippen molar-refractivity contribution in [2.45, 2.75) is 32.8 Å². The fourth-order valence-electron chi connectivity index (χ4n) is 1.03. The zero-order valence-electron chi connectivity index (χ0n) is 7.85. The van der Waals surface area contributed by atoms with Crippen LogP contribution in [0.2, 0.25) is 0 Å². The van der Waals surface area contributed by atoms with Gasteiger partial charge in [-0.3, -0.25) is 0 Å². The van der Waals surface area contributed by atoms with E-state index >= 15 is 0 Å². The summed E-state index contributed by atoms with van der Waals surface area (Å²) in [5.74, 6) is 0. The molecule has 11 heavy (non-hydrogen) atoms. The van der Waals surface area contributed by atoms with Crippen LogP contribution >= 0.6 is 0 Å². The van der Waals surface area contributed by atoms with Crippen molar-refractivity contribution in [2.24, 2.45) is 0 Å². The summed E-state index contributed by atoms with van der Waals surface area (Å²) in [5.41, 5.74) is 0.347. The van der Waals surface area contributed by atoms with Gasteiger partial charge >= 0.3 is 0 Å². The Morgan fingerprint density at radius 3 is 2.36 bits per heavy atom. The molecular formula is C9H18O2. The number of methoxy groups -OCH3 is 1. The lowest BCUT2D eigenvalue weighted by molar-refractivity contribution is 0.00312. The maximum Gasteiger partial charge on any atom is 0.106 e. The summed E-state index contributed by atoms with van der Waals surface area (Å²) in [4.78, 5) is 0. The molecule has 1 unspecified atom stereocenters. The first-order chi connectivity index (χ1) is 5.04. The number of allylic oxidation sites excluding steroid dienone is 1.